The summed E-state index contributed by atoms with van der Waals surface area (Å²) >= 11 is 16.7. The minimum Gasteiger partial charge on any atom is -0.393 e. The Morgan fingerprint density at radius 2 is 2.05 bits per heavy atom. The Labute approximate surface area is 127 Å². The number of anilines is 1. The highest BCUT2D eigenvalue weighted by Crippen LogP contribution is 2.25. The lowest BCUT2D eigenvalue weighted by atomic mass is 9.94. The van der Waals surface area contributed by atoms with Crippen molar-refractivity contribution in [2.75, 3.05) is 11.9 Å². The summed E-state index contributed by atoms with van der Waals surface area (Å²) in [6.07, 6.45) is 0. The molecule has 0 radical (unpaired) electrons. The number of hydrogen-bond acceptors (Lipinski definition) is 2. The van der Waals surface area contributed by atoms with Crippen molar-refractivity contribution < 1.29 is 4.79 Å². The Morgan fingerprint density at radius 3 is 2.63 bits per heavy atom. The topological polar surface area (TPSA) is 67.2 Å². The molecule has 0 bridgehead atoms. The van der Waals surface area contributed by atoms with Gasteiger partial charge in [-0.15, -0.1) is 0 Å². The Balaban J connectivity index is 2.61. The molecule has 0 aliphatic rings. The van der Waals surface area contributed by atoms with Crippen LogP contribution in [0.2, 0.25) is 10.0 Å². The third kappa shape index (κ3) is 4.86. The molecular weight excluding hydrogens is 305 g/mol. The molecule has 0 atom stereocenters. The largest absolute Gasteiger partial charge is 0.393 e. The molecule has 104 valence electrons. The number of amides is 2. The molecule has 0 saturated heterocycles. The van der Waals surface area contributed by atoms with Crippen molar-refractivity contribution in [3.05, 3.63) is 28.2 Å². The summed E-state index contributed by atoms with van der Waals surface area (Å²) < 4.78 is 0. The van der Waals surface area contributed by atoms with Crippen LogP contribution in [0.5, 0.6) is 0 Å². The fourth-order valence-electron chi connectivity index (χ4n) is 1.15. The average Bonchev–Trinajstić information content (AvgIpc) is 2.31. The predicted octanol–water partition coefficient (Wildman–Crippen LogP) is 3.43. The van der Waals surface area contributed by atoms with E-state index in [4.69, 9.17) is 41.2 Å². The summed E-state index contributed by atoms with van der Waals surface area (Å²) in [5.41, 5.74) is 5.56. The van der Waals surface area contributed by atoms with E-state index in [9.17, 15) is 4.79 Å². The van der Waals surface area contributed by atoms with Gasteiger partial charge in [0.1, 0.15) is 0 Å². The Bertz CT molecular complexity index is 506. The number of nitrogens with one attached hydrogen (secondary N) is 2. The highest BCUT2D eigenvalue weighted by atomic mass is 35.5. The number of rotatable bonds is 4. The van der Waals surface area contributed by atoms with Gasteiger partial charge in [0.05, 0.1) is 15.7 Å². The van der Waals surface area contributed by atoms with Gasteiger partial charge < -0.3 is 16.4 Å². The van der Waals surface area contributed by atoms with Crippen molar-refractivity contribution in [2.45, 2.75) is 13.8 Å². The molecule has 0 unspecified atom stereocenters. The minimum atomic E-state index is -0.454. The SMILES string of the molecule is CC(C)(CNC(=O)Nc1cc(Cl)ccc1Cl)C(N)=S. The molecule has 0 saturated carbocycles. The first kappa shape index (κ1) is 16.0. The molecule has 1 rings (SSSR count). The molecule has 1 aromatic carbocycles. The van der Waals surface area contributed by atoms with E-state index in [-0.39, 0.29) is 0 Å². The van der Waals surface area contributed by atoms with Crippen LogP contribution < -0.4 is 16.4 Å². The van der Waals surface area contributed by atoms with Gasteiger partial charge in [-0.2, -0.15) is 0 Å². The lowest BCUT2D eigenvalue weighted by Crippen LogP contribution is -2.42. The van der Waals surface area contributed by atoms with Gasteiger partial charge in [0.25, 0.3) is 0 Å². The number of carbonyl (C=O) groups is 1. The van der Waals surface area contributed by atoms with Crippen LogP contribution in [-0.2, 0) is 0 Å². The molecule has 0 heterocycles. The van der Waals surface area contributed by atoms with Crippen molar-refractivity contribution in [1.82, 2.24) is 5.32 Å². The summed E-state index contributed by atoms with van der Waals surface area (Å²) in [6.45, 7) is 4.02. The molecule has 1 aromatic rings. The summed E-state index contributed by atoms with van der Waals surface area (Å²) in [4.78, 5) is 12.1. The van der Waals surface area contributed by atoms with Gasteiger partial charge in [-0.25, -0.2) is 4.79 Å². The fraction of sp³-hybridized carbons (Fsp3) is 0.333. The first-order valence-corrected chi connectivity index (χ1v) is 6.68. The summed E-state index contributed by atoms with van der Waals surface area (Å²) in [7, 11) is 0. The van der Waals surface area contributed by atoms with Crippen LogP contribution in [0.1, 0.15) is 13.8 Å². The Morgan fingerprint density at radius 1 is 1.42 bits per heavy atom. The van der Waals surface area contributed by atoms with Crippen molar-refractivity contribution in [3.63, 3.8) is 0 Å². The maximum absolute atomic E-state index is 11.7. The predicted molar refractivity (Wildman–Crippen MR) is 84.0 cm³/mol. The van der Waals surface area contributed by atoms with Crippen LogP contribution in [0, 0.1) is 5.41 Å². The van der Waals surface area contributed by atoms with Gasteiger partial charge in [0.15, 0.2) is 0 Å². The molecule has 0 spiro atoms. The first-order valence-electron chi connectivity index (χ1n) is 5.52. The van der Waals surface area contributed by atoms with Crippen LogP contribution >= 0.6 is 35.4 Å². The molecule has 19 heavy (non-hydrogen) atoms. The van der Waals surface area contributed by atoms with E-state index in [1.165, 1.54) is 0 Å². The molecule has 0 aliphatic carbocycles. The molecule has 0 aromatic heterocycles. The van der Waals surface area contributed by atoms with Crippen LogP contribution in [-0.4, -0.2) is 17.6 Å². The zero-order valence-electron chi connectivity index (χ0n) is 10.6. The fourth-order valence-corrected chi connectivity index (χ4v) is 1.56. The smallest absolute Gasteiger partial charge is 0.319 e. The maximum atomic E-state index is 11.7. The van der Waals surface area contributed by atoms with Crippen molar-refractivity contribution in [3.8, 4) is 0 Å². The van der Waals surface area contributed by atoms with Crippen molar-refractivity contribution in [1.29, 1.82) is 0 Å². The van der Waals surface area contributed by atoms with E-state index in [0.29, 0.717) is 27.3 Å². The van der Waals surface area contributed by atoms with Gasteiger partial charge in [0, 0.05) is 17.0 Å². The number of nitrogens with two attached hydrogens (primary N) is 1. The minimum absolute atomic E-state index is 0.326. The third-order valence-electron chi connectivity index (χ3n) is 2.53. The Kier molecular flexibility index (Phi) is 5.40. The van der Waals surface area contributed by atoms with Crippen LogP contribution in [0.3, 0.4) is 0 Å². The molecular formula is C12H15Cl2N3OS. The Hall–Kier alpha value is -1.04. The van der Waals surface area contributed by atoms with E-state index in [1.54, 1.807) is 18.2 Å². The van der Waals surface area contributed by atoms with E-state index < -0.39 is 11.4 Å². The standard InChI is InChI=1S/C12H15Cl2N3OS/c1-12(2,10(15)19)6-16-11(18)17-9-5-7(13)3-4-8(9)14/h3-5H,6H2,1-2H3,(H2,15,19)(H2,16,17,18). The zero-order chi connectivity index (χ0) is 14.6. The number of benzene rings is 1. The molecule has 4 nitrogen and oxygen atoms in total. The highest BCUT2D eigenvalue weighted by Gasteiger charge is 2.22. The van der Waals surface area contributed by atoms with Gasteiger partial charge in [-0.3, -0.25) is 0 Å². The average molecular weight is 320 g/mol. The van der Waals surface area contributed by atoms with Gasteiger partial charge in [-0.05, 0) is 18.2 Å². The molecule has 2 amide bonds. The lowest BCUT2D eigenvalue weighted by Gasteiger charge is -2.23. The summed E-state index contributed by atoms with van der Waals surface area (Å²) in [6, 6.07) is 4.43. The lowest BCUT2D eigenvalue weighted by molar-refractivity contribution is 0.249. The van der Waals surface area contributed by atoms with E-state index in [2.05, 4.69) is 10.6 Å². The second-order valence-electron chi connectivity index (χ2n) is 4.68. The van der Waals surface area contributed by atoms with Crippen molar-refractivity contribution in [2.24, 2.45) is 11.1 Å². The number of hydrogen-bond donors (Lipinski definition) is 3. The van der Waals surface area contributed by atoms with E-state index in [1.807, 2.05) is 13.8 Å². The molecule has 4 N–H and O–H groups in total. The highest BCUT2D eigenvalue weighted by molar-refractivity contribution is 7.80. The number of carbonyl (C=O) groups excluding carboxylic acids is 1. The second kappa shape index (κ2) is 6.41. The molecule has 0 aliphatic heterocycles. The maximum Gasteiger partial charge on any atom is 0.319 e. The van der Waals surface area contributed by atoms with Crippen LogP contribution in [0.15, 0.2) is 18.2 Å². The van der Waals surface area contributed by atoms with Crippen LogP contribution in [0.4, 0.5) is 10.5 Å². The summed E-state index contributed by atoms with van der Waals surface area (Å²) in [5.74, 6) is 0. The van der Waals surface area contributed by atoms with E-state index >= 15 is 0 Å². The van der Waals surface area contributed by atoms with Gasteiger partial charge >= 0.3 is 6.03 Å². The van der Waals surface area contributed by atoms with Crippen LogP contribution in [0.25, 0.3) is 0 Å². The third-order valence-corrected chi connectivity index (χ3v) is 3.65. The van der Waals surface area contributed by atoms with Gasteiger partial charge in [-0.1, -0.05) is 49.3 Å². The molecule has 7 heteroatoms. The van der Waals surface area contributed by atoms with E-state index in [0.717, 1.165) is 0 Å². The summed E-state index contributed by atoms with van der Waals surface area (Å²) in [5, 5.41) is 6.19. The second-order valence-corrected chi connectivity index (χ2v) is 5.96. The number of thiocarbonyl (C=S) groups is 1. The molecule has 0 fully saturated rings. The normalized spacial score (nSPS) is 10.9. The van der Waals surface area contributed by atoms with Gasteiger partial charge in [0.2, 0.25) is 0 Å². The zero-order valence-corrected chi connectivity index (χ0v) is 12.9. The quantitative estimate of drug-likeness (QED) is 0.745. The number of halogens is 2. The monoisotopic (exact) mass is 319 g/mol. The van der Waals surface area contributed by atoms with Crippen molar-refractivity contribution >= 4 is 52.1 Å². The number of urea groups is 1. The first-order chi connectivity index (χ1) is 8.72.